The quantitative estimate of drug-likeness (QED) is 0.789. The van der Waals surface area contributed by atoms with Gasteiger partial charge >= 0.3 is 0 Å². The maximum Gasteiger partial charge on any atom is 0.121 e. The summed E-state index contributed by atoms with van der Waals surface area (Å²) >= 11 is 0. The number of benzene rings is 1. The molecule has 0 aliphatic heterocycles. The first-order chi connectivity index (χ1) is 8.26. The number of hydrogen-bond donors (Lipinski definition) is 1. The van der Waals surface area contributed by atoms with Crippen molar-refractivity contribution in [1.29, 1.82) is 5.26 Å². The maximum atomic E-state index is 8.69. The number of anilines is 2. The van der Waals surface area contributed by atoms with Crippen LogP contribution in [0.4, 0.5) is 11.4 Å². The third kappa shape index (κ3) is 2.62. The lowest BCUT2D eigenvalue weighted by Crippen LogP contribution is -2.27. The minimum absolute atomic E-state index is 0.530. The van der Waals surface area contributed by atoms with Crippen molar-refractivity contribution >= 4 is 11.4 Å². The Kier molecular flexibility index (Phi) is 3.38. The molecule has 0 atom stereocenters. The first kappa shape index (κ1) is 11.6. The van der Waals surface area contributed by atoms with Crippen molar-refractivity contribution in [2.45, 2.75) is 25.3 Å². The van der Waals surface area contributed by atoms with Gasteiger partial charge < -0.3 is 15.4 Å². The Morgan fingerprint density at radius 3 is 2.82 bits per heavy atom. The summed E-state index contributed by atoms with van der Waals surface area (Å²) in [5.74, 6) is 0.766. The Hall–Kier alpha value is -1.89. The van der Waals surface area contributed by atoms with E-state index in [1.54, 1.807) is 7.11 Å². The summed E-state index contributed by atoms with van der Waals surface area (Å²) < 4.78 is 5.14. The molecule has 1 aliphatic carbocycles. The zero-order valence-corrected chi connectivity index (χ0v) is 10.0. The van der Waals surface area contributed by atoms with E-state index in [0.29, 0.717) is 18.2 Å². The standard InChI is InChI=1S/C13H17N3O/c1-17-11-5-6-13(12(15)9-11)16(8-2-7-14)10-3-4-10/h5-6,9-10H,2-4,8,15H2,1H3. The molecule has 1 saturated carbocycles. The molecule has 1 aliphatic rings. The van der Waals surface area contributed by atoms with E-state index in [4.69, 9.17) is 15.7 Å². The predicted molar refractivity (Wildman–Crippen MR) is 68.0 cm³/mol. The first-order valence-electron chi connectivity index (χ1n) is 5.83. The molecule has 0 amide bonds. The van der Waals surface area contributed by atoms with E-state index in [-0.39, 0.29) is 0 Å². The van der Waals surface area contributed by atoms with Gasteiger partial charge in [-0.25, -0.2) is 0 Å². The summed E-state index contributed by atoms with van der Waals surface area (Å²) in [5, 5.41) is 8.69. The number of nitrogen functional groups attached to an aromatic ring is 1. The third-order valence-corrected chi connectivity index (χ3v) is 3.00. The zero-order chi connectivity index (χ0) is 12.3. The highest BCUT2D eigenvalue weighted by Crippen LogP contribution is 2.36. The lowest BCUT2D eigenvalue weighted by atomic mass is 10.2. The number of hydrogen-bond acceptors (Lipinski definition) is 4. The van der Waals surface area contributed by atoms with Crippen LogP contribution >= 0.6 is 0 Å². The van der Waals surface area contributed by atoms with Crippen molar-refractivity contribution in [3.8, 4) is 11.8 Å². The molecule has 1 aromatic rings. The second-order valence-electron chi connectivity index (χ2n) is 4.26. The molecule has 1 aromatic carbocycles. The summed E-state index contributed by atoms with van der Waals surface area (Å²) in [6.45, 7) is 0.748. The van der Waals surface area contributed by atoms with Gasteiger partial charge in [0, 0.05) is 18.7 Å². The lowest BCUT2D eigenvalue weighted by Gasteiger charge is -2.25. The molecule has 17 heavy (non-hydrogen) atoms. The van der Waals surface area contributed by atoms with Crippen molar-refractivity contribution in [2.75, 3.05) is 24.3 Å². The monoisotopic (exact) mass is 231 g/mol. The molecular formula is C13H17N3O. The Labute approximate surface area is 102 Å². The number of nitrogens with two attached hydrogens (primary N) is 1. The average molecular weight is 231 g/mol. The highest BCUT2D eigenvalue weighted by atomic mass is 16.5. The van der Waals surface area contributed by atoms with Gasteiger partial charge in [0.1, 0.15) is 5.75 Å². The van der Waals surface area contributed by atoms with Crippen LogP contribution in [0.3, 0.4) is 0 Å². The molecule has 0 aromatic heterocycles. The zero-order valence-electron chi connectivity index (χ0n) is 10.0. The van der Waals surface area contributed by atoms with Crippen LogP contribution in [0.25, 0.3) is 0 Å². The van der Waals surface area contributed by atoms with Gasteiger partial charge in [0.2, 0.25) is 0 Å². The normalized spacial score (nSPS) is 14.1. The van der Waals surface area contributed by atoms with Gasteiger partial charge in [0.25, 0.3) is 0 Å². The lowest BCUT2D eigenvalue weighted by molar-refractivity contribution is 0.415. The molecule has 4 heteroatoms. The highest BCUT2D eigenvalue weighted by molar-refractivity contribution is 5.70. The van der Waals surface area contributed by atoms with Crippen LogP contribution in [0.15, 0.2) is 18.2 Å². The third-order valence-electron chi connectivity index (χ3n) is 3.00. The van der Waals surface area contributed by atoms with E-state index in [2.05, 4.69) is 11.0 Å². The SMILES string of the molecule is COc1ccc(N(CCC#N)C2CC2)c(N)c1. The fraction of sp³-hybridized carbons (Fsp3) is 0.462. The molecule has 0 heterocycles. The van der Waals surface area contributed by atoms with Crippen molar-refractivity contribution < 1.29 is 4.74 Å². The topological polar surface area (TPSA) is 62.3 Å². The fourth-order valence-electron chi connectivity index (χ4n) is 1.98. The van der Waals surface area contributed by atoms with Crippen LogP contribution in [-0.4, -0.2) is 19.7 Å². The number of nitrogens with zero attached hydrogens (tertiary/aromatic N) is 2. The molecule has 1 fully saturated rings. The Bertz CT molecular complexity index is 435. The minimum Gasteiger partial charge on any atom is -0.497 e. The second kappa shape index (κ2) is 4.96. The molecule has 90 valence electrons. The van der Waals surface area contributed by atoms with E-state index < -0.39 is 0 Å². The van der Waals surface area contributed by atoms with Gasteiger partial charge in [-0.2, -0.15) is 5.26 Å². The van der Waals surface area contributed by atoms with Gasteiger partial charge in [0.15, 0.2) is 0 Å². The molecule has 2 N–H and O–H groups in total. The van der Waals surface area contributed by atoms with Crippen LogP contribution in [0, 0.1) is 11.3 Å². The minimum atomic E-state index is 0.530. The second-order valence-corrected chi connectivity index (χ2v) is 4.26. The van der Waals surface area contributed by atoms with Gasteiger partial charge in [-0.15, -0.1) is 0 Å². The van der Waals surface area contributed by atoms with E-state index in [1.165, 1.54) is 12.8 Å². The largest absolute Gasteiger partial charge is 0.497 e. The highest BCUT2D eigenvalue weighted by Gasteiger charge is 2.29. The van der Waals surface area contributed by atoms with Crippen molar-refractivity contribution in [3.63, 3.8) is 0 Å². The predicted octanol–water partition coefficient (Wildman–Crippen LogP) is 2.16. The molecule has 4 nitrogen and oxygen atoms in total. The van der Waals surface area contributed by atoms with Gasteiger partial charge in [-0.3, -0.25) is 0 Å². The van der Waals surface area contributed by atoms with E-state index in [9.17, 15) is 0 Å². The summed E-state index contributed by atoms with van der Waals surface area (Å²) in [6, 6.07) is 8.46. The Morgan fingerprint density at radius 1 is 1.53 bits per heavy atom. The van der Waals surface area contributed by atoms with Crippen LogP contribution in [0.1, 0.15) is 19.3 Å². The van der Waals surface area contributed by atoms with Crippen LogP contribution in [-0.2, 0) is 0 Å². The smallest absolute Gasteiger partial charge is 0.121 e. The average Bonchev–Trinajstić information content (AvgIpc) is 3.15. The molecule has 0 bridgehead atoms. The van der Waals surface area contributed by atoms with Gasteiger partial charge in [-0.05, 0) is 25.0 Å². The number of rotatable bonds is 5. The Balaban J connectivity index is 2.20. The number of methoxy groups -OCH3 is 1. The molecular weight excluding hydrogens is 214 g/mol. The summed E-state index contributed by atoms with van der Waals surface area (Å²) in [7, 11) is 1.63. The maximum absolute atomic E-state index is 8.69. The van der Waals surface area contributed by atoms with Crippen LogP contribution < -0.4 is 15.4 Å². The first-order valence-corrected chi connectivity index (χ1v) is 5.83. The fourth-order valence-corrected chi connectivity index (χ4v) is 1.98. The van der Waals surface area contributed by atoms with Gasteiger partial charge in [-0.1, -0.05) is 0 Å². The van der Waals surface area contributed by atoms with Crippen molar-refractivity contribution in [3.05, 3.63) is 18.2 Å². The molecule has 0 saturated heterocycles. The molecule has 0 radical (unpaired) electrons. The van der Waals surface area contributed by atoms with Crippen molar-refractivity contribution in [1.82, 2.24) is 0 Å². The van der Waals surface area contributed by atoms with E-state index in [1.807, 2.05) is 18.2 Å². The Morgan fingerprint density at radius 2 is 2.29 bits per heavy atom. The summed E-state index contributed by atoms with van der Waals surface area (Å²) in [5.41, 5.74) is 7.76. The summed E-state index contributed by atoms with van der Waals surface area (Å²) in [6.07, 6.45) is 2.91. The van der Waals surface area contributed by atoms with E-state index >= 15 is 0 Å². The summed E-state index contributed by atoms with van der Waals surface area (Å²) in [4.78, 5) is 2.23. The van der Waals surface area contributed by atoms with Gasteiger partial charge in [0.05, 0.1) is 31.0 Å². The molecule has 2 rings (SSSR count). The number of nitriles is 1. The van der Waals surface area contributed by atoms with Crippen LogP contribution in [0.5, 0.6) is 5.75 Å². The van der Waals surface area contributed by atoms with Crippen molar-refractivity contribution in [2.24, 2.45) is 0 Å². The van der Waals surface area contributed by atoms with Crippen LogP contribution in [0.2, 0.25) is 0 Å². The van der Waals surface area contributed by atoms with E-state index in [0.717, 1.165) is 18.0 Å². The number of ether oxygens (including phenoxy) is 1. The molecule has 0 unspecified atom stereocenters. The molecule has 0 spiro atoms.